The first kappa shape index (κ1) is 8.70. The van der Waals surface area contributed by atoms with Crippen molar-refractivity contribution in [1.29, 1.82) is 0 Å². The highest BCUT2D eigenvalue weighted by atomic mass is 32.2. The van der Waals surface area contributed by atoms with Crippen LogP contribution < -0.4 is 0 Å². The number of hydrogen-bond acceptors (Lipinski definition) is 2. The lowest BCUT2D eigenvalue weighted by molar-refractivity contribution is 1.10. The minimum absolute atomic E-state index is 0. The van der Waals surface area contributed by atoms with Gasteiger partial charge in [-0.2, -0.15) is 0 Å². The summed E-state index contributed by atoms with van der Waals surface area (Å²) in [7, 11) is 0. The van der Waals surface area contributed by atoms with E-state index >= 15 is 0 Å². The van der Waals surface area contributed by atoms with Gasteiger partial charge in [-0.25, -0.2) is 0 Å². The third kappa shape index (κ3) is 2.88. The summed E-state index contributed by atoms with van der Waals surface area (Å²) in [6, 6.07) is 0. The highest BCUT2D eigenvalue weighted by Gasteiger charge is 2.06. The Morgan fingerprint density at radius 2 is 1.75 bits per heavy atom. The van der Waals surface area contributed by atoms with Gasteiger partial charge in [0.2, 0.25) is 0 Å². The van der Waals surface area contributed by atoms with E-state index in [0.29, 0.717) is 0 Å². The molecule has 0 spiro atoms. The van der Waals surface area contributed by atoms with Crippen molar-refractivity contribution < 1.29 is 0 Å². The van der Waals surface area contributed by atoms with E-state index in [9.17, 15) is 0 Å². The first-order valence-electron chi connectivity index (χ1n) is 2.63. The Labute approximate surface area is 60.8 Å². The maximum absolute atomic E-state index is 2.29. The quantitative estimate of drug-likeness (QED) is 0.521. The summed E-state index contributed by atoms with van der Waals surface area (Å²) >= 11 is 4.16. The van der Waals surface area contributed by atoms with Crippen LogP contribution in [0.15, 0.2) is 0 Å². The molecule has 1 aliphatic rings. The van der Waals surface area contributed by atoms with Crippen molar-refractivity contribution in [2.24, 2.45) is 0 Å². The second-order valence-electron chi connectivity index (χ2n) is 1.66. The summed E-state index contributed by atoms with van der Waals surface area (Å²) in [6.07, 6.45) is 1.42. The average Bonchev–Trinajstić information content (AvgIpc) is 1.69. The molecule has 1 saturated heterocycles. The van der Waals surface area contributed by atoms with Gasteiger partial charge in [0.05, 0.1) is 0 Å². The van der Waals surface area contributed by atoms with Gasteiger partial charge < -0.3 is 0 Å². The summed E-state index contributed by atoms with van der Waals surface area (Å²) in [4.78, 5) is 0. The molecule has 0 aromatic carbocycles. The van der Waals surface area contributed by atoms with Crippen molar-refractivity contribution >= 4 is 23.5 Å². The van der Waals surface area contributed by atoms with Crippen molar-refractivity contribution in [3.05, 3.63) is 0 Å². The topological polar surface area (TPSA) is 0 Å². The van der Waals surface area contributed by atoms with Crippen LogP contribution in [0, 0.1) is 0 Å². The fraction of sp³-hybridized carbons (Fsp3) is 1.00. The molecule has 2 heteroatoms. The zero-order valence-corrected chi connectivity index (χ0v) is 6.15. The molecule has 0 bridgehead atoms. The molecule has 0 aromatic heterocycles. The van der Waals surface area contributed by atoms with E-state index in [1.165, 1.54) is 17.9 Å². The molecule has 0 aromatic rings. The predicted octanol–water partition coefficient (Wildman–Crippen LogP) is 2.84. The standard InChI is InChI=1S/C5H10S2.CH4/c1-5-6-3-2-4-7-5;/h5H,2-4H2,1H3;1H4. The zero-order chi connectivity index (χ0) is 5.11. The van der Waals surface area contributed by atoms with Gasteiger partial charge in [-0.1, -0.05) is 7.43 Å². The third-order valence-electron chi connectivity index (χ3n) is 0.994. The summed E-state index contributed by atoms with van der Waals surface area (Å²) < 4.78 is 0.869. The van der Waals surface area contributed by atoms with E-state index in [0.717, 1.165) is 4.58 Å². The first-order chi connectivity index (χ1) is 3.39. The molecule has 0 N–H and O–H groups in total. The van der Waals surface area contributed by atoms with E-state index in [4.69, 9.17) is 0 Å². The SMILES string of the molecule is C.CC1SCCCS1. The Balaban J connectivity index is 0.000000490. The van der Waals surface area contributed by atoms with Crippen LogP contribution in [0.1, 0.15) is 20.8 Å². The minimum Gasteiger partial charge on any atom is -0.148 e. The van der Waals surface area contributed by atoms with E-state index in [1.807, 2.05) is 0 Å². The molecular formula is C6H14S2. The summed E-state index contributed by atoms with van der Waals surface area (Å²) in [6.45, 7) is 2.29. The Morgan fingerprint density at radius 3 is 2.00 bits per heavy atom. The fourth-order valence-electron chi connectivity index (χ4n) is 0.606. The number of thioether (sulfide) groups is 2. The van der Waals surface area contributed by atoms with Gasteiger partial charge in [0, 0.05) is 4.58 Å². The normalized spacial score (nSPS) is 22.1. The van der Waals surface area contributed by atoms with Crippen LogP contribution in [-0.4, -0.2) is 16.1 Å². The maximum Gasteiger partial charge on any atom is 0.0474 e. The smallest absolute Gasteiger partial charge is 0.0474 e. The van der Waals surface area contributed by atoms with Gasteiger partial charge in [0.15, 0.2) is 0 Å². The van der Waals surface area contributed by atoms with E-state index in [-0.39, 0.29) is 7.43 Å². The van der Waals surface area contributed by atoms with Crippen LogP contribution in [0.5, 0.6) is 0 Å². The lowest BCUT2D eigenvalue weighted by Crippen LogP contribution is -2.00. The Hall–Kier alpha value is 0.700. The van der Waals surface area contributed by atoms with Crippen LogP contribution in [0.25, 0.3) is 0 Å². The molecule has 0 saturated carbocycles. The first-order valence-corrected chi connectivity index (χ1v) is 4.72. The molecule has 0 amide bonds. The molecule has 0 aliphatic carbocycles. The van der Waals surface area contributed by atoms with E-state index < -0.39 is 0 Å². The molecule has 0 radical (unpaired) electrons. The second kappa shape index (κ2) is 4.57. The number of hydrogen-bond donors (Lipinski definition) is 0. The summed E-state index contributed by atoms with van der Waals surface area (Å²) in [5.41, 5.74) is 0. The molecule has 0 nitrogen and oxygen atoms in total. The molecule has 8 heavy (non-hydrogen) atoms. The monoisotopic (exact) mass is 150 g/mol. The van der Waals surface area contributed by atoms with Crippen LogP contribution in [0.4, 0.5) is 0 Å². The lowest BCUT2D eigenvalue weighted by Gasteiger charge is -2.15. The average molecular weight is 150 g/mol. The van der Waals surface area contributed by atoms with Gasteiger partial charge in [-0.15, -0.1) is 23.5 Å². The zero-order valence-electron chi connectivity index (χ0n) is 4.52. The Morgan fingerprint density at radius 1 is 1.25 bits per heavy atom. The van der Waals surface area contributed by atoms with E-state index in [2.05, 4.69) is 30.4 Å². The molecule has 1 rings (SSSR count). The Bertz CT molecular complexity index is 48.5. The number of rotatable bonds is 0. The van der Waals surface area contributed by atoms with Crippen molar-refractivity contribution in [3.8, 4) is 0 Å². The summed E-state index contributed by atoms with van der Waals surface area (Å²) in [5.74, 6) is 2.77. The van der Waals surface area contributed by atoms with Crippen LogP contribution in [-0.2, 0) is 0 Å². The third-order valence-corrected chi connectivity index (χ3v) is 3.80. The molecule has 1 heterocycles. The van der Waals surface area contributed by atoms with Crippen LogP contribution >= 0.6 is 23.5 Å². The van der Waals surface area contributed by atoms with Crippen molar-refractivity contribution in [1.82, 2.24) is 0 Å². The lowest BCUT2D eigenvalue weighted by atomic mass is 10.6. The molecular weight excluding hydrogens is 136 g/mol. The summed E-state index contributed by atoms with van der Waals surface area (Å²) in [5, 5.41) is 0. The maximum atomic E-state index is 2.29. The highest BCUT2D eigenvalue weighted by Crippen LogP contribution is 2.29. The van der Waals surface area contributed by atoms with Gasteiger partial charge in [-0.3, -0.25) is 0 Å². The van der Waals surface area contributed by atoms with Crippen LogP contribution in [0.3, 0.4) is 0 Å². The van der Waals surface area contributed by atoms with Gasteiger partial charge >= 0.3 is 0 Å². The molecule has 50 valence electrons. The van der Waals surface area contributed by atoms with Crippen molar-refractivity contribution in [3.63, 3.8) is 0 Å². The van der Waals surface area contributed by atoms with Gasteiger partial charge in [0.25, 0.3) is 0 Å². The van der Waals surface area contributed by atoms with Crippen LogP contribution in [0.2, 0.25) is 0 Å². The van der Waals surface area contributed by atoms with Crippen molar-refractivity contribution in [2.45, 2.75) is 25.4 Å². The molecule has 1 fully saturated rings. The largest absolute Gasteiger partial charge is 0.148 e. The van der Waals surface area contributed by atoms with Gasteiger partial charge in [-0.05, 0) is 24.9 Å². The fourth-order valence-corrected chi connectivity index (χ4v) is 3.04. The molecule has 1 aliphatic heterocycles. The highest BCUT2D eigenvalue weighted by molar-refractivity contribution is 8.17. The second-order valence-corrected chi connectivity index (χ2v) is 4.86. The predicted molar refractivity (Wildman–Crippen MR) is 45.7 cm³/mol. The Kier molecular flexibility index (Phi) is 4.97. The van der Waals surface area contributed by atoms with Crippen molar-refractivity contribution in [2.75, 3.05) is 11.5 Å². The molecule has 0 atom stereocenters. The van der Waals surface area contributed by atoms with E-state index in [1.54, 1.807) is 0 Å². The van der Waals surface area contributed by atoms with Gasteiger partial charge in [0.1, 0.15) is 0 Å². The molecule has 0 unspecified atom stereocenters. The minimum atomic E-state index is 0.